The summed E-state index contributed by atoms with van der Waals surface area (Å²) in [6, 6.07) is 11.5. The summed E-state index contributed by atoms with van der Waals surface area (Å²) in [5.74, 6) is 0.213. The number of imidazole rings is 1. The van der Waals surface area contributed by atoms with Crippen molar-refractivity contribution in [1.29, 1.82) is 5.26 Å². The molecule has 0 saturated carbocycles. The molecule has 3 rings (SSSR count). The number of nitrogens with one attached hydrogen (secondary N) is 1. The van der Waals surface area contributed by atoms with Gasteiger partial charge in [-0.05, 0) is 42.5 Å². The Balaban J connectivity index is 2.37. The predicted octanol–water partition coefficient (Wildman–Crippen LogP) is 3.71. The molecule has 1 heterocycles. The Kier molecular flexibility index (Phi) is 3.20. The lowest BCUT2D eigenvalue weighted by Gasteiger charge is -2.07. The Hall–Kier alpha value is -2.65. The van der Waals surface area contributed by atoms with Crippen molar-refractivity contribution in [3.63, 3.8) is 0 Å². The maximum atomic E-state index is 13.3. The lowest BCUT2D eigenvalue weighted by molar-refractivity contribution is 0.415. The van der Waals surface area contributed by atoms with Crippen LogP contribution in [0, 0.1) is 21.9 Å². The van der Waals surface area contributed by atoms with E-state index in [-0.39, 0.29) is 5.56 Å². The lowest BCUT2D eigenvalue weighted by Crippen LogP contribution is -1.98. The third-order valence-corrected chi connectivity index (χ3v) is 3.50. The van der Waals surface area contributed by atoms with E-state index < -0.39 is 5.82 Å². The Labute approximate surface area is 125 Å². The Bertz CT molecular complexity index is 936. The van der Waals surface area contributed by atoms with Gasteiger partial charge in [0.2, 0.25) is 0 Å². The molecule has 2 aromatic carbocycles. The van der Waals surface area contributed by atoms with E-state index >= 15 is 0 Å². The van der Waals surface area contributed by atoms with Crippen LogP contribution in [0.3, 0.4) is 0 Å². The quantitative estimate of drug-likeness (QED) is 0.734. The maximum Gasteiger partial charge on any atom is 0.182 e. The van der Waals surface area contributed by atoms with Gasteiger partial charge in [0.25, 0.3) is 0 Å². The van der Waals surface area contributed by atoms with Gasteiger partial charge < -0.3 is 9.72 Å². The summed E-state index contributed by atoms with van der Waals surface area (Å²) in [6.07, 6.45) is 0. The van der Waals surface area contributed by atoms with Gasteiger partial charge in [0.1, 0.15) is 17.6 Å². The third-order valence-electron chi connectivity index (χ3n) is 3.21. The zero-order valence-corrected chi connectivity index (χ0v) is 11.9. The molecule has 0 atom stereocenters. The number of aromatic nitrogens is 2. The first kappa shape index (κ1) is 13.3. The van der Waals surface area contributed by atoms with Crippen molar-refractivity contribution in [2.45, 2.75) is 0 Å². The topological polar surface area (TPSA) is 53.7 Å². The minimum Gasteiger partial charge on any atom is -0.497 e. The van der Waals surface area contributed by atoms with E-state index in [9.17, 15) is 9.65 Å². The number of H-pyrrole nitrogens is 1. The molecule has 1 N–H and O–H groups in total. The van der Waals surface area contributed by atoms with E-state index in [1.165, 1.54) is 18.2 Å². The van der Waals surface area contributed by atoms with Crippen LogP contribution in [0.5, 0.6) is 5.75 Å². The van der Waals surface area contributed by atoms with E-state index in [2.05, 4.69) is 4.98 Å². The number of nitrogens with zero attached hydrogens (tertiary/aromatic N) is 2. The number of hydrogen-bond donors (Lipinski definition) is 1. The van der Waals surface area contributed by atoms with Crippen molar-refractivity contribution in [3.05, 3.63) is 52.5 Å². The summed E-state index contributed by atoms with van der Waals surface area (Å²) in [5, 5.41) is 9.21. The number of nitriles is 1. The summed E-state index contributed by atoms with van der Waals surface area (Å²) < 4.78 is 20.6. The first-order valence-electron chi connectivity index (χ1n) is 6.13. The summed E-state index contributed by atoms with van der Waals surface area (Å²) in [6.45, 7) is 0. The molecule has 0 aliphatic heterocycles. The predicted molar refractivity (Wildman–Crippen MR) is 79.7 cm³/mol. The summed E-state index contributed by atoms with van der Waals surface area (Å²) in [7, 11) is 1.57. The molecule has 104 valence electrons. The number of methoxy groups -OCH3 is 1. The fourth-order valence-corrected chi connectivity index (χ4v) is 2.55. The highest BCUT2D eigenvalue weighted by Crippen LogP contribution is 2.25. The lowest BCUT2D eigenvalue weighted by atomic mass is 10.2. The molecule has 0 aliphatic carbocycles. The average Bonchev–Trinajstić information content (AvgIpc) is 2.82. The summed E-state index contributed by atoms with van der Waals surface area (Å²) in [4.78, 5) is 3.06. The SMILES string of the molecule is COc1ccc2[nH]c(=S)n(-c3ccc(F)cc3C#N)c2c1. The van der Waals surface area contributed by atoms with E-state index in [0.717, 1.165) is 11.0 Å². The number of aromatic amines is 1. The van der Waals surface area contributed by atoms with Crippen LogP contribution in [0.4, 0.5) is 4.39 Å². The van der Waals surface area contributed by atoms with Gasteiger partial charge in [0.15, 0.2) is 4.77 Å². The number of rotatable bonds is 2. The summed E-state index contributed by atoms with van der Waals surface area (Å²) in [5.41, 5.74) is 2.33. The van der Waals surface area contributed by atoms with Crippen LogP contribution in [0.2, 0.25) is 0 Å². The average molecular weight is 299 g/mol. The van der Waals surface area contributed by atoms with Crippen molar-refractivity contribution >= 4 is 23.3 Å². The second-order valence-electron chi connectivity index (χ2n) is 4.42. The molecule has 0 amide bonds. The summed E-state index contributed by atoms with van der Waals surface area (Å²) >= 11 is 5.32. The zero-order valence-electron chi connectivity index (χ0n) is 11.1. The first-order chi connectivity index (χ1) is 10.1. The van der Waals surface area contributed by atoms with Gasteiger partial charge in [-0.25, -0.2) is 4.39 Å². The highest BCUT2D eigenvalue weighted by atomic mass is 32.1. The van der Waals surface area contributed by atoms with Crippen molar-refractivity contribution < 1.29 is 9.13 Å². The van der Waals surface area contributed by atoms with Crippen molar-refractivity contribution in [2.24, 2.45) is 0 Å². The van der Waals surface area contributed by atoms with Crippen LogP contribution in [-0.2, 0) is 0 Å². The van der Waals surface area contributed by atoms with Crippen LogP contribution in [0.25, 0.3) is 16.7 Å². The molecule has 0 aliphatic rings. The van der Waals surface area contributed by atoms with Crippen LogP contribution >= 0.6 is 12.2 Å². The Morgan fingerprint density at radius 1 is 1.29 bits per heavy atom. The fraction of sp³-hybridized carbons (Fsp3) is 0.0667. The van der Waals surface area contributed by atoms with Gasteiger partial charge in [0.05, 0.1) is 29.4 Å². The highest BCUT2D eigenvalue weighted by Gasteiger charge is 2.12. The molecule has 0 bridgehead atoms. The Morgan fingerprint density at radius 3 is 2.81 bits per heavy atom. The molecular weight excluding hydrogens is 289 g/mol. The maximum absolute atomic E-state index is 13.3. The highest BCUT2D eigenvalue weighted by molar-refractivity contribution is 7.71. The second-order valence-corrected chi connectivity index (χ2v) is 4.81. The number of ether oxygens (including phenoxy) is 1. The molecule has 6 heteroatoms. The van der Waals surface area contributed by atoms with Gasteiger partial charge in [-0.2, -0.15) is 5.26 Å². The van der Waals surface area contributed by atoms with Crippen LogP contribution < -0.4 is 4.74 Å². The van der Waals surface area contributed by atoms with E-state index in [4.69, 9.17) is 17.0 Å². The number of fused-ring (bicyclic) bond motifs is 1. The molecular formula is C15H10FN3OS. The van der Waals surface area contributed by atoms with Gasteiger partial charge in [-0.3, -0.25) is 4.57 Å². The van der Waals surface area contributed by atoms with Crippen molar-refractivity contribution in [1.82, 2.24) is 9.55 Å². The van der Waals surface area contributed by atoms with E-state index in [1.54, 1.807) is 11.7 Å². The van der Waals surface area contributed by atoms with E-state index in [1.807, 2.05) is 24.3 Å². The van der Waals surface area contributed by atoms with Crippen molar-refractivity contribution in [3.8, 4) is 17.5 Å². The molecule has 21 heavy (non-hydrogen) atoms. The van der Waals surface area contributed by atoms with Crippen LogP contribution in [0.15, 0.2) is 36.4 Å². The fourth-order valence-electron chi connectivity index (χ4n) is 2.24. The van der Waals surface area contributed by atoms with Crippen molar-refractivity contribution in [2.75, 3.05) is 7.11 Å². The van der Waals surface area contributed by atoms with E-state index in [0.29, 0.717) is 16.2 Å². The molecule has 0 fully saturated rings. The zero-order chi connectivity index (χ0) is 15.0. The third kappa shape index (κ3) is 2.18. The standard InChI is InChI=1S/C15H10FN3OS/c1-20-11-3-4-12-14(7-11)19(15(21)18-12)13-5-2-10(16)6-9(13)8-17/h2-7H,1H3,(H,18,21). The molecule has 0 unspecified atom stereocenters. The number of hydrogen-bond acceptors (Lipinski definition) is 3. The molecule has 0 radical (unpaired) electrons. The van der Waals surface area contributed by atoms with Crippen LogP contribution in [-0.4, -0.2) is 16.7 Å². The molecule has 3 aromatic rings. The monoisotopic (exact) mass is 299 g/mol. The Morgan fingerprint density at radius 2 is 2.10 bits per heavy atom. The molecule has 4 nitrogen and oxygen atoms in total. The van der Waals surface area contributed by atoms with Gasteiger partial charge in [-0.15, -0.1) is 0 Å². The van der Waals surface area contributed by atoms with Gasteiger partial charge in [-0.1, -0.05) is 0 Å². The first-order valence-corrected chi connectivity index (χ1v) is 6.53. The minimum absolute atomic E-state index is 0.217. The largest absolute Gasteiger partial charge is 0.497 e. The second kappa shape index (κ2) is 5.04. The molecule has 0 saturated heterocycles. The van der Waals surface area contributed by atoms with Gasteiger partial charge in [0, 0.05) is 6.07 Å². The normalized spacial score (nSPS) is 10.5. The number of benzene rings is 2. The molecule has 1 aromatic heterocycles. The number of halogens is 1. The minimum atomic E-state index is -0.459. The molecule has 0 spiro atoms. The van der Waals surface area contributed by atoms with Gasteiger partial charge >= 0.3 is 0 Å². The van der Waals surface area contributed by atoms with Crippen LogP contribution in [0.1, 0.15) is 5.56 Å². The smallest absolute Gasteiger partial charge is 0.182 e.